The molecule has 2 aliphatic rings. The van der Waals surface area contributed by atoms with Gasteiger partial charge in [-0.2, -0.15) is 0 Å². The van der Waals surface area contributed by atoms with Gasteiger partial charge in [0.15, 0.2) is 0 Å². The first-order valence-electron chi connectivity index (χ1n) is 8.96. The fraction of sp³-hybridized carbons (Fsp3) is 0.333. The van der Waals surface area contributed by atoms with Crippen molar-refractivity contribution in [3.05, 3.63) is 59.7 Å². The van der Waals surface area contributed by atoms with E-state index >= 15 is 0 Å². The molecule has 2 aromatic carbocycles. The Morgan fingerprint density at radius 2 is 2.04 bits per heavy atom. The summed E-state index contributed by atoms with van der Waals surface area (Å²) in [4.78, 5) is 26.9. The van der Waals surface area contributed by atoms with Crippen LogP contribution >= 0.6 is 0 Å². The fourth-order valence-electron chi connectivity index (χ4n) is 4.12. The second-order valence-electron chi connectivity index (χ2n) is 7.02. The highest BCUT2D eigenvalue weighted by molar-refractivity contribution is 5.94. The SMILES string of the molecule is COc1cccc(NC(=O)C2CC3(CO2)c2ccccc2CN3C(C)=O)c1. The minimum absolute atomic E-state index is 0.0105. The Morgan fingerprint density at radius 1 is 1.22 bits per heavy atom. The highest BCUT2D eigenvalue weighted by Gasteiger charge is 2.53. The molecule has 4 rings (SSSR count). The Hall–Kier alpha value is -2.86. The summed E-state index contributed by atoms with van der Waals surface area (Å²) < 4.78 is 11.1. The van der Waals surface area contributed by atoms with E-state index in [1.165, 1.54) is 0 Å². The van der Waals surface area contributed by atoms with Crippen LogP contribution in [-0.2, 0) is 26.4 Å². The number of nitrogens with one attached hydrogen (secondary N) is 1. The molecule has 0 saturated carbocycles. The lowest BCUT2D eigenvalue weighted by atomic mass is 9.87. The van der Waals surface area contributed by atoms with Crippen LogP contribution in [0.4, 0.5) is 5.69 Å². The van der Waals surface area contributed by atoms with Crippen molar-refractivity contribution in [3.8, 4) is 5.75 Å². The maximum atomic E-state index is 12.8. The van der Waals surface area contributed by atoms with Crippen molar-refractivity contribution in [1.82, 2.24) is 4.90 Å². The number of rotatable bonds is 3. The molecule has 2 aromatic rings. The molecule has 2 heterocycles. The summed E-state index contributed by atoms with van der Waals surface area (Å²) in [6.45, 7) is 2.44. The van der Waals surface area contributed by atoms with Crippen LogP contribution in [0.25, 0.3) is 0 Å². The number of methoxy groups -OCH3 is 1. The van der Waals surface area contributed by atoms with Gasteiger partial charge in [-0.05, 0) is 23.3 Å². The lowest BCUT2D eigenvalue weighted by molar-refractivity contribution is -0.135. The number of hydrogen-bond acceptors (Lipinski definition) is 4. The van der Waals surface area contributed by atoms with Crippen molar-refractivity contribution in [2.75, 3.05) is 19.0 Å². The molecule has 1 N–H and O–H groups in total. The third-order valence-electron chi connectivity index (χ3n) is 5.42. The number of ether oxygens (including phenoxy) is 2. The predicted molar refractivity (Wildman–Crippen MR) is 100 cm³/mol. The average Bonchev–Trinajstić information content (AvgIpc) is 3.26. The zero-order valence-electron chi connectivity index (χ0n) is 15.4. The highest BCUT2D eigenvalue weighted by atomic mass is 16.5. The first-order chi connectivity index (χ1) is 13.0. The van der Waals surface area contributed by atoms with Crippen LogP contribution in [0.5, 0.6) is 5.75 Å². The Balaban J connectivity index is 1.56. The van der Waals surface area contributed by atoms with Gasteiger partial charge in [0, 0.05) is 31.6 Å². The van der Waals surface area contributed by atoms with Gasteiger partial charge in [-0.15, -0.1) is 0 Å². The van der Waals surface area contributed by atoms with E-state index in [2.05, 4.69) is 5.32 Å². The molecule has 0 aliphatic carbocycles. The van der Waals surface area contributed by atoms with E-state index in [1.807, 2.05) is 41.3 Å². The van der Waals surface area contributed by atoms with Crippen LogP contribution < -0.4 is 10.1 Å². The van der Waals surface area contributed by atoms with E-state index in [1.54, 1.807) is 26.2 Å². The molecule has 0 bridgehead atoms. The largest absolute Gasteiger partial charge is 0.497 e. The predicted octanol–water partition coefficient (Wildman–Crippen LogP) is 2.68. The fourth-order valence-corrected chi connectivity index (χ4v) is 4.12. The zero-order valence-corrected chi connectivity index (χ0v) is 15.4. The molecule has 2 unspecified atom stereocenters. The third-order valence-corrected chi connectivity index (χ3v) is 5.42. The zero-order chi connectivity index (χ0) is 19.0. The van der Waals surface area contributed by atoms with E-state index in [0.717, 1.165) is 11.1 Å². The van der Waals surface area contributed by atoms with Crippen LogP contribution in [-0.4, -0.2) is 36.5 Å². The minimum Gasteiger partial charge on any atom is -0.497 e. The number of amides is 2. The highest BCUT2D eigenvalue weighted by Crippen LogP contribution is 2.46. The number of benzene rings is 2. The molecule has 2 atom stereocenters. The van der Waals surface area contributed by atoms with E-state index in [0.29, 0.717) is 31.0 Å². The smallest absolute Gasteiger partial charge is 0.253 e. The molecule has 1 spiro atoms. The lowest BCUT2D eigenvalue weighted by Crippen LogP contribution is -2.44. The van der Waals surface area contributed by atoms with E-state index in [4.69, 9.17) is 9.47 Å². The topological polar surface area (TPSA) is 67.9 Å². The number of hydrogen-bond donors (Lipinski definition) is 1. The Kier molecular flexibility index (Phi) is 4.36. The van der Waals surface area contributed by atoms with E-state index in [9.17, 15) is 9.59 Å². The maximum Gasteiger partial charge on any atom is 0.253 e. The van der Waals surface area contributed by atoms with Gasteiger partial charge in [0.2, 0.25) is 5.91 Å². The van der Waals surface area contributed by atoms with Crippen molar-refractivity contribution < 1.29 is 19.1 Å². The molecule has 2 aliphatic heterocycles. The van der Waals surface area contributed by atoms with Gasteiger partial charge in [-0.25, -0.2) is 0 Å². The van der Waals surface area contributed by atoms with Crippen molar-refractivity contribution in [2.45, 2.75) is 31.5 Å². The average molecular weight is 366 g/mol. The summed E-state index contributed by atoms with van der Waals surface area (Å²) in [6.07, 6.45) is -0.177. The summed E-state index contributed by atoms with van der Waals surface area (Å²) >= 11 is 0. The summed E-state index contributed by atoms with van der Waals surface area (Å²) in [6, 6.07) is 15.2. The molecule has 1 saturated heterocycles. The van der Waals surface area contributed by atoms with Crippen molar-refractivity contribution in [1.29, 1.82) is 0 Å². The van der Waals surface area contributed by atoms with Crippen molar-refractivity contribution in [3.63, 3.8) is 0 Å². The lowest BCUT2D eigenvalue weighted by Gasteiger charge is -2.34. The molecule has 6 heteroatoms. The third kappa shape index (κ3) is 2.96. The van der Waals surface area contributed by atoms with Crippen molar-refractivity contribution in [2.24, 2.45) is 0 Å². The molecular formula is C21H22N2O4. The maximum absolute atomic E-state index is 12.8. The van der Waals surface area contributed by atoms with Crippen LogP contribution in [0.2, 0.25) is 0 Å². The molecule has 6 nitrogen and oxygen atoms in total. The molecule has 0 aromatic heterocycles. The second kappa shape index (κ2) is 6.70. The minimum atomic E-state index is -0.621. The van der Waals surface area contributed by atoms with Crippen molar-refractivity contribution >= 4 is 17.5 Å². The van der Waals surface area contributed by atoms with Crippen LogP contribution in [0.3, 0.4) is 0 Å². The quantitative estimate of drug-likeness (QED) is 0.907. The van der Waals surface area contributed by atoms with Crippen LogP contribution in [0.1, 0.15) is 24.5 Å². The number of carbonyl (C=O) groups excluding carboxylic acids is 2. The number of carbonyl (C=O) groups is 2. The van der Waals surface area contributed by atoms with Gasteiger partial charge in [0.1, 0.15) is 11.9 Å². The standard InChI is InChI=1S/C21H22N2O4/c1-14(24)23-12-15-6-3-4-9-18(15)21(23)11-19(27-13-21)20(25)22-16-7-5-8-17(10-16)26-2/h3-10,19H,11-13H2,1-2H3,(H,22,25). The van der Waals surface area contributed by atoms with Crippen LogP contribution in [0, 0.1) is 0 Å². The Morgan fingerprint density at radius 3 is 2.81 bits per heavy atom. The summed E-state index contributed by atoms with van der Waals surface area (Å²) in [7, 11) is 1.58. The molecule has 27 heavy (non-hydrogen) atoms. The van der Waals surface area contributed by atoms with Gasteiger partial charge >= 0.3 is 0 Å². The number of fused-ring (bicyclic) bond motifs is 2. The normalized spacial score (nSPS) is 23.3. The monoisotopic (exact) mass is 366 g/mol. The Labute approximate surface area is 158 Å². The number of anilines is 1. The molecule has 1 fully saturated rings. The summed E-state index contributed by atoms with van der Waals surface area (Å²) in [5, 5.41) is 2.89. The first kappa shape index (κ1) is 17.5. The number of nitrogens with zero attached hydrogens (tertiary/aromatic N) is 1. The van der Waals surface area contributed by atoms with Crippen LogP contribution in [0.15, 0.2) is 48.5 Å². The van der Waals surface area contributed by atoms with Gasteiger partial charge in [0.25, 0.3) is 5.91 Å². The van der Waals surface area contributed by atoms with E-state index in [-0.39, 0.29) is 11.8 Å². The molecule has 0 radical (unpaired) electrons. The van der Waals surface area contributed by atoms with Gasteiger partial charge in [0.05, 0.1) is 19.3 Å². The van der Waals surface area contributed by atoms with Gasteiger partial charge < -0.3 is 19.7 Å². The van der Waals surface area contributed by atoms with E-state index < -0.39 is 11.6 Å². The molecule has 140 valence electrons. The molecule has 2 amide bonds. The van der Waals surface area contributed by atoms with Gasteiger partial charge in [-0.1, -0.05) is 30.3 Å². The second-order valence-corrected chi connectivity index (χ2v) is 7.02. The summed E-state index contributed by atoms with van der Waals surface area (Å²) in [5.41, 5.74) is 2.28. The summed E-state index contributed by atoms with van der Waals surface area (Å²) in [5.74, 6) is 0.445. The molecular weight excluding hydrogens is 344 g/mol. The first-order valence-corrected chi connectivity index (χ1v) is 8.96. The Bertz CT molecular complexity index is 897. The van der Waals surface area contributed by atoms with Gasteiger partial charge in [-0.3, -0.25) is 9.59 Å².